The van der Waals surface area contributed by atoms with Crippen molar-refractivity contribution in [3.8, 4) is 0 Å². The highest BCUT2D eigenvalue weighted by Gasteiger charge is 2.33. The monoisotopic (exact) mass is 407 g/mol. The Bertz CT molecular complexity index is 828. The molecule has 24 heavy (non-hydrogen) atoms. The first-order valence-electron chi connectivity index (χ1n) is 7.83. The van der Waals surface area contributed by atoms with Crippen LogP contribution in [0.2, 0.25) is 0 Å². The molecular weight excluding hydrogens is 390 g/mol. The molecule has 0 aromatic heterocycles. The Labute approximate surface area is 150 Å². The van der Waals surface area contributed by atoms with Crippen molar-refractivity contribution in [2.45, 2.75) is 23.0 Å². The zero-order valence-electron chi connectivity index (χ0n) is 13.1. The van der Waals surface area contributed by atoms with Crippen LogP contribution < -0.4 is 0 Å². The molecule has 4 nitrogen and oxygen atoms in total. The first-order valence-corrected chi connectivity index (χ1v) is 10.2. The highest BCUT2D eigenvalue weighted by atomic mass is 79.9. The minimum absolute atomic E-state index is 0.0574. The van der Waals surface area contributed by atoms with Crippen LogP contribution in [0.15, 0.2) is 64.0 Å². The van der Waals surface area contributed by atoms with E-state index in [1.54, 1.807) is 41.3 Å². The van der Waals surface area contributed by atoms with Gasteiger partial charge in [-0.25, -0.2) is 8.42 Å². The number of carbonyl (C=O) groups excluding carboxylic acids is 1. The van der Waals surface area contributed by atoms with Crippen LogP contribution in [0.1, 0.15) is 23.2 Å². The summed E-state index contributed by atoms with van der Waals surface area (Å²) in [6, 6.07) is 15.8. The molecule has 0 radical (unpaired) electrons. The Morgan fingerprint density at radius 1 is 0.958 bits per heavy atom. The van der Waals surface area contributed by atoms with E-state index in [4.69, 9.17) is 0 Å². The second-order valence-corrected chi connectivity index (χ2v) is 8.91. The molecule has 1 amide bonds. The van der Waals surface area contributed by atoms with E-state index in [0.29, 0.717) is 36.4 Å². The molecule has 6 heteroatoms. The summed E-state index contributed by atoms with van der Waals surface area (Å²) in [6.45, 7) is 0.911. The highest BCUT2D eigenvalue weighted by molar-refractivity contribution is 9.10. The normalized spacial score (nSPS) is 16.1. The molecular formula is C18H18BrNO3S. The van der Waals surface area contributed by atoms with Crippen LogP contribution >= 0.6 is 15.9 Å². The molecule has 3 rings (SSSR count). The average Bonchev–Trinajstić information content (AvgIpc) is 2.62. The summed E-state index contributed by atoms with van der Waals surface area (Å²) in [7, 11) is -3.33. The number of nitrogens with zero attached hydrogens (tertiary/aromatic N) is 1. The molecule has 0 N–H and O–H groups in total. The summed E-state index contributed by atoms with van der Waals surface area (Å²) in [4.78, 5) is 14.7. The molecule has 1 aliphatic rings. The van der Waals surface area contributed by atoms with Crippen LogP contribution in [0.5, 0.6) is 0 Å². The first kappa shape index (κ1) is 17.2. The molecule has 0 atom stereocenters. The van der Waals surface area contributed by atoms with E-state index in [0.717, 1.165) is 4.47 Å². The van der Waals surface area contributed by atoms with Gasteiger partial charge in [-0.05, 0) is 53.0 Å². The summed E-state index contributed by atoms with van der Waals surface area (Å²) in [5.41, 5.74) is 0.613. The van der Waals surface area contributed by atoms with Gasteiger partial charge in [0, 0.05) is 17.6 Å². The Morgan fingerprint density at radius 3 is 2.17 bits per heavy atom. The second-order valence-electron chi connectivity index (χ2n) is 5.83. The number of amides is 1. The van der Waals surface area contributed by atoms with Crippen molar-refractivity contribution in [2.75, 3.05) is 13.1 Å². The smallest absolute Gasteiger partial charge is 0.254 e. The van der Waals surface area contributed by atoms with E-state index in [9.17, 15) is 13.2 Å². The van der Waals surface area contributed by atoms with Gasteiger partial charge >= 0.3 is 0 Å². The molecule has 0 saturated carbocycles. The Balaban J connectivity index is 1.70. The number of piperidine rings is 1. The van der Waals surface area contributed by atoms with Crippen molar-refractivity contribution in [2.24, 2.45) is 0 Å². The molecule has 2 aromatic carbocycles. The fraction of sp³-hybridized carbons (Fsp3) is 0.278. The molecule has 1 aliphatic heterocycles. The quantitative estimate of drug-likeness (QED) is 0.781. The Morgan fingerprint density at radius 2 is 1.54 bits per heavy atom. The van der Waals surface area contributed by atoms with Gasteiger partial charge in [-0.2, -0.15) is 0 Å². The molecule has 1 heterocycles. The van der Waals surface area contributed by atoms with Crippen LogP contribution in [0.25, 0.3) is 0 Å². The van der Waals surface area contributed by atoms with Gasteiger partial charge in [0.2, 0.25) is 0 Å². The number of benzene rings is 2. The predicted octanol–water partition coefficient (Wildman–Crippen LogP) is 3.53. The van der Waals surface area contributed by atoms with E-state index in [1.807, 2.05) is 18.2 Å². The number of sulfone groups is 1. The third-order valence-corrected chi connectivity index (χ3v) is 7.31. The van der Waals surface area contributed by atoms with Crippen LogP contribution in [0.4, 0.5) is 0 Å². The van der Waals surface area contributed by atoms with Crippen molar-refractivity contribution >= 4 is 31.7 Å². The highest BCUT2D eigenvalue weighted by Crippen LogP contribution is 2.26. The molecule has 1 fully saturated rings. The van der Waals surface area contributed by atoms with E-state index >= 15 is 0 Å². The maximum absolute atomic E-state index is 12.7. The summed E-state index contributed by atoms with van der Waals surface area (Å²) >= 11 is 3.39. The van der Waals surface area contributed by atoms with Crippen LogP contribution in [-0.4, -0.2) is 37.6 Å². The van der Waals surface area contributed by atoms with E-state index in [2.05, 4.69) is 15.9 Å². The van der Waals surface area contributed by atoms with Gasteiger partial charge in [0.15, 0.2) is 9.84 Å². The average molecular weight is 408 g/mol. The molecule has 0 aliphatic carbocycles. The van der Waals surface area contributed by atoms with Crippen molar-refractivity contribution in [3.63, 3.8) is 0 Å². The Hall–Kier alpha value is -1.66. The zero-order chi connectivity index (χ0) is 17.2. The third-order valence-electron chi connectivity index (χ3n) is 4.34. The first-order chi connectivity index (χ1) is 11.5. The van der Waals surface area contributed by atoms with Crippen molar-refractivity contribution in [3.05, 3.63) is 64.6 Å². The number of likely N-dealkylation sites (tertiary alicyclic amines) is 1. The standard InChI is InChI=1S/C18H18BrNO3S/c19-17-9-5-4-8-16(17)18(21)20-12-10-15(11-13-20)24(22,23)14-6-2-1-3-7-14/h1-9,15H,10-13H2. The summed E-state index contributed by atoms with van der Waals surface area (Å²) in [6.07, 6.45) is 0.931. The van der Waals surface area contributed by atoms with Gasteiger partial charge < -0.3 is 4.90 Å². The van der Waals surface area contributed by atoms with Crippen LogP contribution in [-0.2, 0) is 9.84 Å². The lowest BCUT2D eigenvalue weighted by Gasteiger charge is -2.32. The summed E-state index contributed by atoms with van der Waals surface area (Å²) in [5, 5.41) is -0.428. The fourth-order valence-corrected chi connectivity index (χ4v) is 5.18. The fourth-order valence-electron chi connectivity index (χ4n) is 2.98. The second kappa shape index (κ2) is 7.07. The topological polar surface area (TPSA) is 54.5 Å². The molecule has 1 saturated heterocycles. The van der Waals surface area contributed by atoms with E-state index < -0.39 is 15.1 Å². The summed E-state index contributed by atoms with van der Waals surface area (Å²) in [5.74, 6) is -0.0574. The van der Waals surface area contributed by atoms with Crippen molar-refractivity contribution in [1.82, 2.24) is 4.90 Å². The van der Waals surface area contributed by atoms with Gasteiger partial charge in [0.25, 0.3) is 5.91 Å². The molecule has 126 valence electrons. The molecule has 2 aromatic rings. The van der Waals surface area contributed by atoms with Gasteiger partial charge in [-0.3, -0.25) is 4.79 Å². The minimum Gasteiger partial charge on any atom is -0.339 e. The van der Waals surface area contributed by atoms with Gasteiger partial charge in [-0.15, -0.1) is 0 Å². The van der Waals surface area contributed by atoms with E-state index in [-0.39, 0.29) is 5.91 Å². The number of hydrogen-bond acceptors (Lipinski definition) is 3. The van der Waals surface area contributed by atoms with Crippen LogP contribution in [0.3, 0.4) is 0 Å². The SMILES string of the molecule is O=C(c1ccccc1Br)N1CCC(S(=O)(=O)c2ccccc2)CC1. The third kappa shape index (κ3) is 3.39. The van der Waals surface area contributed by atoms with Gasteiger partial charge in [-0.1, -0.05) is 30.3 Å². The molecule has 0 spiro atoms. The van der Waals surface area contributed by atoms with Crippen molar-refractivity contribution in [1.29, 1.82) is 0 Å². The summed E-state index contributed by atoms with van der Waals surface area (Å²) < 4.78 is 26.1. The lowest BCUT2D eigenvalue weighted by atomic mass is 10.1. The largest absolute Gasteiger partial charge is 0.339 e. The minimum atomic E-state index is -3.33. The van der Waals surface area contributed by atoms with Crippen LogP contribution in [0, 0.1) is 0 Å². The molecule has 0 unspecified atom stereocenters. The maximum Gasteiger partial charge on any atom is 0.254 e. The number of carbonyl (C=O) groups is 1. The zero-order valence-corrected chi connectivity index (χ0v) is 15.5. The number of hydrogen-bond donors (Lipinski definition) is 0. The van der Waals surface area contributed by atoms with E-state index in [1.165, 1.54) is 0 Å². The van der Waals surface area contributed by atoms with Gasteiger partial charge in [0.1, 0.15) is 0 Å². The predicted molar refractivity (Wildman–Crippen MR) is 96.7 cm³/mol. The Kier molecular flexibility index (Phi) is 5.06. The number of rotatable bonds is 3. The van der Waals surface area contributed by atoms with Gasteiger partial charge in [0.05, 0.1) is 15.7 Å². The maximum atomic E-state index is 12.7. The lowest BCUT2D eigenvalue weighted by molar-refractivity contribution is 0.0724. The van der Waals surface area contributed by atoms with Crippen molar-refractivity contribution < 1.29 is 13.2 Å². The lowest BCUT2D eigenvalue weighted by Crippen LogP contribution is -2.42. The number of halogens is 1. The molecule has 0 bridgehead atoms.